The number of amidine groups is 1. The number of nitrogens with zero attached hydrogens (tertiary/aromatic N) is 4. The minimum Gasteiger partial charge on any atom is -0.478 e. The number of hydrogen-bond acceptors (Lipinski definition) is 7. The second-order valence-electron chi connectivity index (χ2n) is 7.53. The van der Waals surface area contributed by atoms with Crippen LogP contribution in [0.1, 0.15) is 28.4 Å². The third kappa shape index (κ3) is 5.38. The third-order valence-electron chi connectivity index (χ3n) is 5.22. The van der Waals surface area contributed by atoms with Gasteiger partial charge in [-0.2, -0.15) is 0 Å². The van der Waals surface area contributed by atoms with Crippen LogP contribution in [0.5, 0.6) is 0 Å². The van der Waals surface area contributed by atoms with E-state index in [1.165, 1.54) is 29.6 Å². The van der Waals surface area contributed by atoms with E-state index in [2.05, 4.69) is 27.2 Å². The Morgan fingerprint density at radius 3 is 2.58 bits per heavy atom. The maximum absolute atomic E-state index is 12.8. The molecule has 1 unspecified atom stereocenters. The molecular weight excluding hydrogens is 438 g/mol. The summed E-state index contributed by atoms with van der Waals surface area (Å²) < 4.78 is 0. The van der Waals surface area contributed by atoms with Crippen molar-refractivity contribution in [2.45, 2.75) is 25.0 Å². The summed E-state index contributed by atoms with van der Waals surface area (Å²) in [6.45, 7) is 2.11. The predicted octanol–water partition coefficient (Wildman–Crippen LogP) is 4.28. The Morgan fingerprint density at radius 1 is 1.12 bits per heavy atom. The highest BCUT2D eigenvalue weighted by Gasteiger charge is 2.35. The van der Waals surface area contributed by atoms with E-state index in [0.29, 0.717) is 23.2 Å². The molecule has 33 heavy (non-hydrogen) atoms. The van der Waals surface area contributed by atoms with E-state index < -0.39 is 5.97 Å². The molecule has 168 valence electrons. The molecule has 2 N–H and O–H groups in total. The van der Waals surface area contributed by atoms with Gasteiger partial charge in [0.25, 0.3) is 0 Å². The first-order chi connectivity index (χ1) is 15.9. The molecule has 9 heteroatoms. The van der Waals surface area contributed by atoms with Crippen LogP contribution in [-0.4, -0.2) is 49.3 Å². The molecule has 3 aromatic rings. The summed E-state index contributed by atoms with van der Waals surface area (Å²) in [5.41, 5.74) is 3.13. The van der Waals surface area contributed by atoms with Crippen molar-refractivity contribution in [1.29, 1.82) is 0 Å². The van der Waals surface area contributed by atoms with Crippen LogP contribution < -0.4 is 5.32 Å². The van der Waals surface area contributed by atoms with Crippen molar-refractivity contribution in [3.8, 4) is 0 Å². The van der Waals surface area contributed by atoms with Crippen molar-refractivity contribution in [2.24, 2.45) is 4.99 Å². The minimum atomic E-state index is -1.03. The molecule has 0 spiro atoms. The first-order valence-electron chi connectivity index (χ1n) is 10.5. The molecule has 1 aromatic carbocycles. The molecule has 2 aromatic heterocycles. The standard InChI is InChI=1S/C24H23N5O3S/c1-3-15-4-7-18(8-5-15)27-24-29(2)22(30)19(33-24)12-16-10-11-25-21(13-16)28-20-9-6-17(14-26-20)23(31)32/h4-11,13-14,19H,3,12H2,1-2H3,(H,31,32)(H,25,26,28). The average Bonchev–Trinajstić information content (AvgIpc) is 3.08. The van der Waals surface area contributed by atoms with Gasteiger partial charge in [-0.05, 0) is 60.4 Å². The number of pyridine rings is 2. The number of nitrogens with one attached hydrogen (secondary N) is 1. The number of aromatic nitrogens is 2. The number of aryl methyl sites for hydroxylation is 1. The van der Waals surface area contributed by atoms with Gasteiger partial charge >= 0.3 is 5.97 Å². The number of carbonyl (C=O) groups excluding carboxylic acids is 1. The summed E-state index contributed by atoms with van der Waals surface area (Å²) >= 11 is 1.46. The Labute approximate surface area is 195 Å². The molecule has 8 nitrogen and oxygen atoms in total. The highest BCUT2D eigenvalue weighted by molar-refractivity contribution is 8.15. The summed E-state index contributed by atoms with van der Waals surface area (Å²) in [4.78, 5) is 38.4. The summed E-state index contributed by atoms with van der Waals surface area (Å²) in [6.07, 6.45) is 4.46. The lowest BCUT2D eigenvalue weighted by atomic mass is 10.1. The van der Waals surface area contributed by atoms with Gasteiger partial charge in [0.05, 0.1) is 16.5 Å². The molecule has 0 bridgehead atoms. The second kappa shape index (κ2) is 9.83. The third-order valence-corrected chi connectivity index (χ3v) is 6.45. The van der Waals surface area contributed by atoms with Crippen LogP contribution in [0.25, 0.3) is 0 Å². The Balaban J connectivity index is 1.44. The number of rotatable bonds is 7. The van der Waals surface area contributed by atoms with E-state index in [1.54, 1.807) is 24.2 Å². The highest BCUT2D eigenvalue weighted by Crippen LogP contribution is 2.31. The van der Waals surface area contributed by atoms with Crippen LogP contribution in [0, 0.1) is 0 Å². The van der Waals surface area contributed by atoms with Crippen molar-refractivity contribution < 1.29 is 14.7 Å². The zero-order valence-corrected chi connectivity index (χ0v) is 19.0. The van der Waals surface area contributed by atoms with Crippen LogP contribution >= 0.6 is 11.8 Å². The largest absolute Gasteiger partial charge is 0.478 e. The number of aliphatic imine (C=N–C) groups is 1. The lowest BCUT2D eigenvalue weighted by Gasteiger charge is -2.10. The van der Waals surface area contributed by atoms with Crippen LogP contribution in [0.15, 0.2) is 65.9 Å². The minimum absolute atomic E-state index is 0.0150. The molecule has 1 aliphatic rings. The number of amides is 1. The van der Waals surface area contributed by atoms with Crippen molar-refractivity contribution in [3.63, 3.8) is 0 Å². The number of anilines is 2. The second-order valence-corrected chi connectivity index (χ2v) is 8.70. The molecule has 0 aliphatic carbocycles. The Kier molecular flexibility index (Phi) is 6.69. The molecule has 1 fully saturated rings. The Hall–Kier alpha value is -3.72. The van der Waals surface area contributed by atoms with Gasteiger partial charge in [0.1, 0.15) is 11.6 Å². The van der Waals surface area contributed by atoms with Crippen LogP contribution in [0.2, 0.25) is 0 Å². The molecule has 1 amide bonds. The Bertz CT molecular complexity index is 1200. The number of carbonyl (C=O) groups is 2. The molecule has 1 saturated heterocycles. The molecule has 0 radical (unpaired) electrons. The van der Waals surface area contributed by atoms with E-state index >= 15 is 0 Å². The summed E-state index contributed by atoms with van der Waals surface area (Å²) in [6, 6.07) is 14.8. The quantitative estimate of drug-likeness (QED) is 0.540. The van der Waals surface area contributed by atoms with Crippen molar-refractivity contribution in [1.82, 2.24) is 14.9 Å². The van der Waals surface area contributed by atoms with Gasteiger partial charge in [0, 0.05) is 19.4 Å². The monoisotopic (exact) mass is 461 g/mol. The lowest BCUT2D eigenvalue weighted by Crippen LogP contribution is -2.28. The molecule has 4 rings (SSSR count). The van der Waals surface area contributed by atoms with E-state index in [-0.39, 0.29) is 16.7 Å². The topological polar surface area (TPSA) is 108 Å². The normalized spacial score (nSPS) is 16.9. The molecular formula is C24H23N5O3S. The van der Waals surface area contributed by atoms with Crippen LogP contribution in [0.3, 0.4) is 0 Å². The van der Waals surface area contributed by atoms with E-state index in [0.717, 1.165) is 17.7 Å². The van der Waals surface area contributed by atoms with Gasteiger partial charge in [-0.3, -0.25) is 9.69 Å². The highest BCUT2D eigenvalue weighted by atomic mass is 32.2. The fraction of sp³-hybridized carbons (Fsp3) is 0.208. The van der Waals surface area contributed by atoms with Crippen molar-refractivity contribution in [2.75, 3.05) is 12.4 Å². The zero-order valence-electron chi connectivity index (χ0n) is 18.2. The number of carboxylic acid groups (broad SMARTS) is 1. The summed E-state index contributed by atoms with van der Waals surface area (Å²) in [5, 5.41) is 12.5. The first kappa shape index (κ1) is 22.5. The number of benzene rings is 1. The van der Waals surface area contributed by atoms with E-state index in [9.17, 15) is 9.59 Å². The summed E-state index contributed by atoms with van der Waals surface area (Å²) in [5.74, 6) is 0.0379. The van der Waals surface area contributed by atoms with Crippen molar-refractivity contribution >= 4 is 46.1 Å². The maximum atomic E-state index is 12.8. The van der Waals surface area contributed by atoms with Gasteiger partial charge < -0.3 is 10.4 Å². The molecule has 3 heterocycles. The maximum Gasteiger partial charge on any atom is 0.337 e. The fourth-order valence-electron chi connectivity index (χ4n) is 3.32. The summed E-state index contributed by atoms with van der Waals surface area (Å²) in [7, 11) is 1.75. The number of carboxylic acids is 1. The van der Waals surface area contributed by atoms with Crippen LogP contribution in [0.4, 0.5) is 17.3 Å². The van der Waals surface area contributed by atoms with Crippen LogP contribution in [-0.2, 0) is 17.6 Å². The lowest BCUT2D eigenvalue weighted by molar-refractivity contribution is -0.125. The van der Waals surface area contributed by atoms with Gasteiger partial charge in [0.2, 0.25) is 5.91 Å². The van der Waals surface area contributed by atoms with E-state index in [4.69, 9.17) is 5.11 Å². The number of aromatic carboxylic acids is 1. The Morgan fingerprint density at radius 2 is 1.91 bits per heavy atom. The van der Waals surface area contributed by atoms with Gasteiger partial charge in [0.15, 0.2) is 5.17 Å². The predicted molar refractivity (Wildman–Crippen MR) is 129 cm³/mol. The van der Waals surface area contributed by atoms with Gasteiger partial charge in [-0.15, -0.1) is 0 Å². The number of hydrogen-bond donors (Lipinski definition) is 2. The van der Waals surface area contributed by atoms with Gasteiger partial charge in [-0.1, -0.05) is 30.8 Å². The molecule has 0 saturated carbocycles. The fourth-order valence-corrected chi connectivity index (χ4v) is 4.52. The SMILES string of the molecule is CCc1ccc(N=C2SC(Cc3ccnc(Nc4ccc(C(=O)O)cn4)c3)C(=O)N2C)cc1. The van der Waals surface area contributed by atoms with Crippen molar-refractivity contribution in [3.05, 3.63) is 77.6 Å². The average molecular weight is 462 g/mol. The molecule has 1 atom stereocenters. The van der Waals surface area contributed by atoms with Gasteiger partial charge in [-0.25, -0.2) is 19.8 Å². The zero-order chi connectivity index (χ0) is 23.4. The van der Waals surface area contributed by atoms with E-state index in [1.807, 2.05) is 36.4 Å². The molecule has 1 aliphatic heterocycles. The number of thioether (sulfide) groups is 1. The first-order valence-corrected chi connectivity index (χ1v) is 11.3. The smallest absolute Gasteiger partial charge is 0.337 e.